The quantitative estimate of drug-likeness (QED) is 0.674. The third kappa shape index (κ3) is 5.44. The molecule has 0 aliphatic rings. The molecule has 146 valence electrons. The standard InChI is InChI=1S/C18H21FN2O4S2/c1-21(2)27(23,24)13-8-9-16(25-3)15(12-13)20-18(22)10-11-26-17-7-5-4-6-14(17)19/h4-9,12H,10-11H2,1-3H3,(H,20,22). The summed E-state index contributed by atoms with van der Waals surface area (Å²) in [4.78, 5) is 12.7. The van der Waals surface area contributed by atoms with Crippen LogP contribution in [0.3, 0.4) is 0 Å². The van der Waals surface area contributed by atoms with Crippen molar-refractivity contribution in [3.8, 4) is 5.75 Å². The first kappa shape index (κ1) is 21.2. The van der Waals surface area contributed by atoms with Gasteiger partial charge >= 0.3 is 0 Å². The zero-order valence-corrected chi connectivity index (χ0v) is 16.9. The summed E-state index contributed by atoms with van der Waals surface area (Å²) in [5.74, 6) is 0.0793. The molecule has 2 rings (SSSR count). The molecule has 1 amide bonds. The molecule has 0 saturated heterocycles. The van der Waals surface area contributed by atoms with Crippen LogP contribution in [0.1, 0.15) is 6.42 Å². The highest BCUT2D eigenvalue weighted by Gasteiger charge is 2.19. The summed E-state index contributed by atoms with van der Waals surface area (Å²) >= 11 is 1.24. The van der Waals surface area contributed by atoms with Crippen molar-refractivity contribution in [1.82, 2.24) is 4.31 Å². The lowest BCUT2D eigenvalue weighted by molar-refractivity contribution is -0.115. The maximum Gasteiger partial charge on any atom is 0.242 e. The van der Waals surface area contributed by atoms with Crippen molar-refractivity contribution in [1.29, 1.82) is 0 Å². The monoisotopic (exact) mass is 412 g/mol. The maximum absolute atomic E-state index is 13.6. The van der Waals surface area contributed by atoms with Crippen LogP contribution < -0.4 is 10.1 Å². The number of carbonyl (C=O) groups excluding carboxylic acids is 1. The summed E-state index contributed by atoms with van der Waals surface area (Å²) in [6.07, 6.45) is 0.132. The van der Waals surface area contributed by atoms with Crippen LogP contribution in [0.15, 0.2) is 52.3 Å². The van der Waals surface area contributed by atoms with Crippen molar-refractivity contribution < 1.29 is 22.3 Å². The topological polar surface area (TPSA) is 75.7 Å². The third-order valence-electron chi connectivity index (χ3n) is 3.65. The van der Waals surface area contributed by atoms with E-state index in [1.54, 1.807) is 18.2 Å². The van der Waals surface area contributed by atoms with Gasteiger partial charge in [-0.15, -0.1) is 11.8 Å². The van der Waals surface area contributed by atoms with E-state index in [0.717, 1.165) is 4.31 Å². The van der Waals surface area contributed by atoms with Crippen molar-refractivity contribution in [3.05, 3.63) is 48.3 Å². The van der Waals surface area contributed by atoms with Gasteiger partial charge in [-0.05, 0) is 30.3 Å². The van der Waals surface area contributed by atoms with Crippen molar-refractivity contribution in [3.63, 3.8) is 0 Å². The number of halogens is 1. The smallest absolute Gasteiger partial charge is 0.242 e. The van der Waals surface area contributed by atoms with Gasteiger partial charge in [0.1, 0.15) is 11.6 Å². The van der Waals surface area contributed by atoms with Gasteiger partial charge in [0.05, 0.1) is 17.7 Å². The summed E-state index contributed by atoms with van der Waals surface area (Å²) in [5, 5.41) is 2.66. The minimum absolute atomic E-state index is 0.0457. The molecule has 0 heterocycles. The van der Waals surface area contributed by atoms with Crippen LogP contribution in [0.25, 0.3) is 0 Å². The van der Waals surface area contributed by atoms with Gasteiger partial charge in [-0.1, -0.05) is 12.1 Å². The van der Waals surface area contributed by atoms with Crippen LogP contribution in [0.2, 0.25) is 0 Å². The molecule has 0 aromatic heterocycles. The number of rotatable bonds is 8. The first-order chi connectivity index (χ1) is 12.8. The number of hydrogen-bond acceptors (Lipinski definition) is 5. The molecule has 27 heavy (non-hydrogen) atoms. The fraction of sp³-hybridized carbons (Fsp3) is 0.278. The van der Waals surface area contributed by atoms with Gasteiger partial charge < -0.3 is 10.1 Å². The molecule has 0 atom stereocenters. The number of ether oxygens (including phenoxy) is 1. The van der Waals surface area contributed by atoms with E-state index < -0.39 is 10.0 Å². The predicted octanol–water partition coefficient (Wildman–Crippen LogP) is 3.21. The highest BCUT2D eigenvalue weighted by Crippen LogP contribution is 2.29. The predicted molar refractivity (Wildman–Crippen MR) is 104 cm³/mol. The van der Waals surface area contributed by atoms with Crippen LogP contribution in [0, 0.1) is 5.82 Å². The molecule has 9 heteroatoms. The normalized spacial score (nSPS) is 11.4. The lowest BCUT2D eigenvalue weighted by Crippen LogP contribution is -2.22. The first-order valence-electron chi connectivity index (χ1n) is 8.03. The van der Waals surface area contributed by atoms with E-state index in [0.29, 0.717) is 16.4 Å². The van der Waals surface area contributed by atoms with E-state index in [2.05, 4.69) is 5.32 Å². The molecular formula is C18H21FN2O4S2. The van der Waals surface area contributed by atoms with Gasteiger partial charge in [-0.25, -0.2) is 17.1 Å². The van der Waals surface area contributed by atoms with Gasteiger partial charge in [0.2, 0.25) is 15.9 Å². The van der Waals surface area contributed by atoms with E-state index in [1.165, 1.54) is 57.2 Å². The Labute approximate surface area is 162 Å². The zero-order chi connectivity index (χ0) is 20.0. The SMILES string of the molecule is COc1ccc(S(=O)(=O)N(C)C)cc1NC(=O)CCSc1ccccc1F. The highest BCUT2D eigenvalue weighted by molar-refractivity contribution is 7.99. The number of nitrogens with zero attached hydrogens (tertiary/aromatic N) is 1. The average Bonchev–Trinajstić information content (AvgIpc) is 2.63. The second kappa shape index (κ2) is 9.20. The van der Waals surface area contributed by atoms with E-state index in [-0.39, 0.29) is 28.7 Å². The average molecular weight is 413 g/mol. The first-order valence-corrected chi connectivity index (χ1v) is 10.5. The Bertz CT molecular complexity index is 917. The molecule has 0 fully saturated rings. The van der Waals surface area contributed by atoms with Crippen LogP contribution in [0.4, 0.5) is 10.1 Å². The molecule has 0 radical (unpaired) electrons. The number of benzene rings is 2. The number of nitrogens with one attached hydrogen (secondary N) is 1. The van der Waals surface area contributed by atoms with Gasteiger partial charge in [-0.3, -0.25) is 4.79 Å². The Morgan fingerprint density at radius 2 is 1.93 bits per heavy atom. The number of hydrogen-bond donors (Lipinski definition) is 1. The molecule has 6 nitrogen and oxygen atoms in total. The molecule has 0 saturated carbocycles. The number of carbonyl (C=O) groups is 1. The fourth-order valence-electron chi connectivity index (χ4n) is 2.18. The van der Waals surface area contributed by atoms with Gasteiger partial charge in [0.15, 0.2) is 0 Å². The van der Waals surface area contributed by atoms with E-state index in [4.69, 9.17) is 4.74 Å². The summed E-state index contributed by atoms with van der Waals surface area (Å²) < 4.78 is 44.4. The highest BCUT2D eigenvalue weighted by atomic mass is 32.2. The Balaban J connectivity index is 2.06. The Hall–Kier alpha value is -2.10. The van der Waals surface area contributed by atoms with Crippen LogP contribution in [-0.4, -0.2) is 45.6 Å². The van der Waals surface area contributed by atoms with Crippen molar-refractivity contribution in [2.75, 3.05) is 32.3 Å². The lowest BCUT2D eigenvalue weighted by atomic mass is 10.3. The van der Waals surface area contributed by atoms with Gasteiger partial charge in [0, 0.05) is 31.2 Å². The van der Waals surface area contributed by atoms with Crippen LogP contribution in [-0.2, 0) is 14.8 Å². The molecule has 1 N–H and O–H groups in total. The van der Waals surface area contributed by atoms with E-state index in [9.17, 15) is 17.6 Å². The van der Waals surface area contributed by atoms with Crippen molar-refractivity contribution in [2.24, 2.45) is 0 Å². The molecule has 0 bridgehead atoms. The number of methoxy groups -OCH3 is 1. The summed E-state index contributed by atoms with van der Waals surface area (Å²) in [6, 6.07) is 10.6. The Morgan fingerprint density at radius 1 is 1.22 bits per heavy atom. The minimum atomic E-state index is -3.64. The second-order valence-corrected chi connectivity index (χ2v) is 9.02. The molecule has 0 unspecified atom stereocenters. The summed E-state index contributed by atoms with van der Waals surface area (Å²) in [5.41, 5.74) is 0.265. The third-order valence-corrected chi connectivity index (χ3v) is 6.51. The minimum Gasteiger partial charge on any atom is -0.495 e. The number of thioether (sulfide) groups is 1. The van der Waals surface area contributed by atoms with Gasteiger partial charge in [-0.2, -0.15) is 0 Å². The summed E-state index contributed by atoms with van der Waals surface area (Å²) in [7, 11) is 0.649. The molecular weight excluding hydrogens is 391 g/mol. The molecule has 2 aromatic carbocycles. The molecule has 0 aliphatic carbocycles. The zero-order valence-electron chi connectivity index (χ0n) is 15.2. The Kier molecular flexibility index (Phi) is 7.23. The van der Waals surface area contributed by atoms with E-state index in [1.807, 2.05) is 0 Å². The lowest BCUT2D eigenvalue weighted by Gasteiger charge is -2.15. The second-order valence-electron chi connectivity index (χ2n) is 5.73. The number of sulfonamides is 1. The van der Waals surface area contributed by atoms with Gasteiger partial charge in [0.25, 0.3) is 0 Å². The largest absolute Gasteiger partial charge is 0.495 e. The Morgan fingerprint density at radius 3 is 2.56 bits per heavy atom. The van der Waals surface area contributed by atoms with Crippen LogP contribution >= 0.6 is 11.8 Å². The molecule has 0 spiro atoms. The summed E-state index contributed by atoms with van der Waals surface area (Å²) in [6.45, 7) is 0. The van der Waals surface area contributed by atoms with Crippen LogP contribution in [0.5, 0.6) is 5.75 Å². The number of anilines is 1. The van der Waals surface area contributed by atoms with Crippen molar-refractivity contribution >= 4 is 33.4 Å². The molecule has 0 aliphatic heterocycles. The molecule has 2 aromatic rings. The maximum atomic E-state index is 13.6. The van der Waals surface area contributed by atoms with E-state index >= 15 is 0 Å². The fourth-order valence-corrected chi connectivity index (χ4v) is 4.00. The number of amides is 1. The van der Waals surface area contributed by atoms with Crippen molar-refractivity contribution in [2.45, 2.75) is 16.2 Å².